The van der Waals surface area contributed by atoms with Crippen LogP contribution in [0.1, 0.15) is 40.0 Å². The summed E-state index contributed by atoms with van der Waals surface area (Å²) in [5.74, 6) is -4.75. The highest BCUT2D eigenvalue weighted by Crippen LogP contribution is 2.37. The average Bonchev–Trinajstić information content (AvgIpc) is 3.13. The SMILES string of the molecule is O=C(c1ccc(F)cc1)[C@@H](CCCl)N(C(=O)c1ccc([N+](=O)[O-])cc1)N1C(=O)[C@H]2CC=CC[C@H]2C1=O. The number of benzene rings is 2. The lowest BCUT2D eigenvalue weighted by atomic mass is 9.85. The topological polar surface area (TPSA) is 118 Å². The fourth-order valence-corrected chi connectivity index (χ4v) is 4.71. The lowest BCUT2D eigenvalue weighted by Gasteiger charge is -2.36. The number of rotatable bonds is 8. The van der Waals surface area contributed by atoms with Crippen LogP contribution >= 0.6 is 11.6 Å². The third kappa shape index (κ3) is 4.64. The summed E-state index contributed by atoms with van der Waals surface area (Å²) in [5.41, 5.74) is -0.268. The first-order valence-corrected chi connectivity index (χ1v) is 11.7. The maximum Gasteiger partial charge on any atom is 0.273 e. The van der Waals surface area contributed by atoms with E-state index in [1.807, 2.05) is 0 Å². The van der Waals surface area contributed by atoms with E-state index in [-0.39, 0.29) is 29.1 Å². The Balaban J connectivity index is 1.80. The van der Waals surface area contributed by atoms with Crippen molar-refractivity contribution in [2.24, 2.45) is 11.8 Å². The standard InChI is InChI=1S/C25H21ClFN3O6/c26-14-13-21(22(31)15-5-9-17(27)10-6-15)28(23(32)16-7-11-18(12-8-16)30(35)36)29-24(33)19-3-1-2-4-20(19)25(29)34/h1-2,5-12,19-21H,3-4,13-14H2/t19-,20+,21-/m1/s1. The van der Waals surface area contributed by atoms with Crippen LogP contribution in [0.5, 0.6) is 0 Å². The number of nitro groups is 1. The second kappa shape index (κ2) is 10.4. The largest absolute Gasteiger partial charge is 0.292 e. The Morgan fingerprint density at radius 2 is 1.53 bits per heavy atom. The summed E-state index contributed by atoms with van der Waals surface area (Å²) in [6, 6.07) is 7.88. The molecule has 2 aromatic carbocycles. The number of hydrogen-bond acceptors (Lipinski definition) is 6. The van der Waals surface area contributed by atoms with Crippen molar-refractivity contribution in [1.82, 2.24) is 10.0 Å². The molecule has 2 aromatic rings. The maximum absolute atomic E-state index is 13.8. The van der Waals surface area contributed by atoms with Gasteiger partial charge >= 0.3 is 0 Å². The molecule has 11 heteroatoms. The summed E-state index contributed by atoms with van der Waals surface area (Å²) in [6.45, 7) is 0. The summed E-state index contributed by atoms with van der Waals surface area (Å²) < 4.78 is 13.5. The van der Waals surface area contributed by atoms with Crippen LogP contribution < -0.4 is 0 Å². The minimum atomic E-state index is -1.36. The monoisotopic (exact) mass is 513 g/mol. The number of allylic oxidation sites excluding steroid dienone is 2. The van der Waals surface area contributed by atoms with Gasteiger partial charge in [-0.3, -0.25) is 29.3 Å². The average molecular weight is 514 g/mol. The first kappa shape index (κ1) is 25.2. The van der Waals surface area contributed by atoms with Crippen molar-refractivity contribution in [1.29, 1.82) is 0 Å². The molecule has 2 aliphatic rings. The molecule has 36 heavy (non-hydrogen) atoms. The van der Waals surface area contributed by atoms with E-state index in [1.165, 1.54) is 24.3 Å². The van der Waals surface area contributed by atoms with Crippen molar-refractivity contribution in [3.05, 3.63) is 87.7 Å². The fourth-order valence-electron chi connectivity index (χ4n) is 4.50. The smallest absolute Gasteiger partial charge is 0.273 e. The molecule has 4 rings (SSSR count). The third-order valence-corrected chi connectivity index (χ3v) is 6.56. The Hall–Kier alpha value is -3.92. The molecule has 0 aromatic heterocycles. The van der Waals surface area contributed by atoms with Gasteiger partial charge in [-0.1, -0.05) is 12.2 Å². The lowest BCUT2D eigenvalue weighted by Crippen LogP contribution is -2.57. The van der Waals surface area contributed by atoms with Gasteiger partial charge in [-0.2, -0.15) is 5.01 Å². The van der Waals surface area contributed by atoms with Crippen LogP contribution in [0.3, 0.4) is 0 Å². The molecule has 0 bridgehead atoms. The summed E-state index contributed by atoms with van der Waals surface area (Å²) in [6.07, 6.45) is 4.10. The number of carbonyl (C=O) groups is 4. The van der Waals surface area contributed by atoms with Gasteiger partial charge in [0.2, 0.25) is 0 Å². The minimum Gasteiger partial charge on any atom is -0.292 e. The normalized spacial score (nSPS) is 19.7. The molecular weight excluding hydrogens is 493 g/mol. The lowest BCUT2D eigenvalue weighted by molar-refractivity contribution is -0.384. The Labute approximate surface area is 210 Å². The number of ketones is 1. The van der Waals surface area contributed by atoms with Crippen molar-refractivity contribution in [3.63, 3.8) is 0 Å². The molecule has 0 N–H and O–H groups in total. The van der Waals surface area contributed by atoms with Gasteiger partial charge in [0.15, 0.2) is 5.78 Å². The van der Waals surface area contributed by atoms with Gasteiger partial charge in [-0.05, 0) is 55.7 Å². The highest BCUT2D eigenvalue weighted by atomic mass is 35.5. The van der Waals surface area contributed by atoms with Gasteiger partial charge in [0.05, 0.1) is 16.8 Å². The molecule has 1 saturated heterocycles. The first-order chi connectivity index (χ1) is 17.2. The summed E-state index contributed by atoms with van der Waals surface area (Å²) in [5, 5.41) is 12.6. The van der Waals surface area contributed by atoms with Gasteiger partial charge in [-0.15, -0.1) is 11.6 Å². The van der Waals surface area contributed by atoms with E-state index in [1.54, 1.807) is 12.2 Å². The van der Waals surface area contributed by atoms with Crippen LogP contribution in [0.4, 0.5) is 10.1 Å². The Morgan fingerprint density at radius 3 is 2.03 bits per heavy atom. The number of Topliss-reactive ketones (excluding diaryl/α,β-unsaturated/α-hetero) is 1. The van der Waals surface area contributed by atoms with Gasteiger partial charge in [-0.25, -0.2) is 9.40 Å². The predicted octanol–water partition coefficient (Wildman–Crippen LogP) is 3.92. The summed E-state index contributed by atoms with van der Waals surface area (Å²) in [7, 11) is 0. The van der Waals surface area contributed by atoms with Gasteiger partial charge in [0.25, 0.3) is 23.4 Å². The summed E-state index contributed by atoms with van der Waals surface area (Å²) in [4.78, 5) is 64.4. The molecule has 186 valence electrons. The van der Waals surface area contributed by atoms with Crippen LogP contribution in [-0.2, 0) is 9.59 Å². The zero-order valence-electron chi connectivity index (χ0n) is 18.9. The molecule has 1 heterocycles. The van der Waals surface area contributed by atoms with E-state index in [0.717, 1.165) is 34.3 Å². The quantitative estimate of drug-likeness (QED) is 0.132. The number of hydrogen-bond donors (Lipinski definition) is 0. The minimum absolute atomic E-state index is 0.0613. The highest BCUT2D eigenvalue weighted by molar-refractivity contribution is 6.18. The number of carbonyl (C=O) groups excluding carboxylic acids is 4. The number of halogens is 2. The maximum atomic E-state index is 13.8. The molecule has 0 unspecified atom stereocenters. The van der Waals surface area contributed by atoms with Crippen molar-refractivity contribution in [2.45, 2.75) is 25.3 Å². The predicted molar refractivity (Wildman–Crippen MR) is 126 cm³/mol. The van der Waals surface area contributed by atoms with Crippen LogP contribution in [0, 0.1) is 27.8 Å². The van der Waals surface area contributed by atoms with E-state index >= 15 is 0 Å². The van der Waals surface area contributed by atoms with Gasteiger partial charge in [0, 0.05) is 29.1 Å². The molecule has 3 atom stereocenters. The fraction of sp³-hybridized carbons (Fsp3) is 0.280. The number of hydrazine groups is 1. The van der Waals surface area contributed by atoms with Crippen LogP contribution in [0.2, 0.25) is 0 Å². The van der Waals surface area contributed by atoms with E-state index in [0.29, 0.717) is 12.8 Å². The molecule has 0 spiro atoms. The highest BCUT2D eigenvalue weighted by Gasteiger charge is 2.53. The van der Waals surface area contributed by atoms with Crippen LogP contribution in [0.15, 0.2) is 60.7 Å². The van der Waals surface area contributed by atoms with E-state index in [9.17, 15) is 33.7 Å². The first-order valence-electron chi connectivity index (χ1n) is 11.2. The number of fused-ring (bicyclic) bond motifs is 1. The Morgan fingerprint density at radius 1 is 1.00 bits per heavy atom. The van der Waals surface area contributed by atoms with Crippen molar-refractivity contribution < 1.29 is 28.5 Å². The zero-order chi connectivity index (χ0) is 26.0. The molecular formula is C25H21ClFN3O6. The molecule has 9 nitrogen and oxygen atoms in total. The van der Waals surface area contributed by atoms with Gasteiger partial charge < -0.3 is 0 Å². The van der Waals surface area contributed by atoms with Crippen molar-refractivity contribution >= 4 is 40.8 Å². The number of amides is 3. The zero-order valence-corrected chi connectivity index (χ0v) is 19.6. The van der Waals surface area contributed by atoms with E-state index in [2.05, 4.69) is 0 Å². The Bertz CT molecular complexity index is 1220. The summed E-state index contributed by atoms with van der Waals surface area (Å²) >= 11 is 5.98. The number of nitro benzene ring substituents is 1. The molecule has 0 saturated carbocycles. The number of imide groups is 1. The third-order valence-electron chi connectivity index (χ3n) is 6.34. The molecule has 1 fully saturated rings. The molecule has 0 radical (unpaired) electrons. The van der Waals surface area contributed by atoms with E-state index < -0.39 is 52.1 Å². The van der Waals surface area contributed by atoms with E-state index in [4.69, 9.17) is 11.6 Å². The van der Waals surface area contributed by atoms with Crippen molar-refractivity contribution in [3.8, 4) is 0 Å². The van der Waals surface area contributed by atoms with Crippen LogP contribution in [-0.4, -0.2) is 50.4 Å². The van der Waals surface area contributed by atoms with Crippen molar-refractivity contribution in [2.75, 3.05) is 5.88 Å². The second-order valence-corrected chi connectivity index (χ2v) is 8.84. The Kier molecular flexibility index (Phi) is 7.25. The number of alkyl halides is 1. The number of non-ortho nitro benzene ring substituents is 1. The second-order valence-electron chi connectivity index (χ2n) is 8.46. The van der Waals surface area contributed by atoms with Crippen LogP contribution in [0.25, 0.3) is 0 Å². The number of nitrogens with zero attached hydrogens (tertiary/aromatic N) is 3. The van der Waals surface area contributed by atoms with Gasteiger partial charge in [0.1, 0.15) is 11.9 Å². The molecule has 1 aliphatic heterocycles. The molecule has 1 aliphatic carbocycles. The molecule has 3 amide bonds.